The van der Waals surface area contributed by atoms with E-state index in [0.717, 1.165) is 0 Å². The Kier molecular flexibility index (Phi) is 4.16. The van der Waals surface area contributed by atoms with E-state index in [4.69, 9.17) is 14.2 Å². The first-order valence-corrected chi connectivity index (χ1v) is 6.09. The van der Waals surface area contributed by atoms with E-state index in [9.17, 15) is 9.59 Å². The average Bonchev–Trinajstić information content (AvgIpc) is 2.72. The number of rotatable bonds is 4. The summed E-state index contributed by atoms with van der Waals surface area (Å²) in [7, 11) is 1.51. The lowest BCUT2D eigenvalue weighted by Gasteiger charge is -2.17. The molecule has 0 unspecified atom stereocenters. The molecule has 0 aromatic heterocycles. The number of cyclic esters (lactones) is 1. The van der Waals surface area contributed by atoms with E-state index in [2.05, 4.69) is 0 Å². The van der Waals surface area contributed by atoms with Crippen molar-refractivity contribution in [3.05, 3.63) is 35.9 Å². The zero-order chi connectivity index (χ0) is 13.8. The minimum Gasteiger partial charge on any atom is -0.458 e. The minimum absolute atomic E-state index is 0.00230. The molecule has 0 amide bonds. The highest BCUT2D eigenvalue weighted by atomic mass is 16.6. The van der Waals surface area contributed by atoms with Gasteiger partial charge in [0.2, 0.25) is 0 Å². The van der Waals surface area contributed by atoms with Crippen molar-refractivity contribution in [2.24, 2.45) is 5.92 Å². The minimum atomic E-state index is -0.542. The lowest BCUT2D eigenvalue weighted by Crippen LogP contribution is -2.32. The van der Waals surface area contributed by atoms with Crippen molar-refractivity contribution in [3.63, 3.8) is 0 Å². The Morgan fingerprint density at radius 1 is 1.32 bits per heavy atom. The second-order valence-electron chi connectivity index (χ2n) is 4.43. The summed E-state index contributed by atoms with van der Waals surface area (Å²) in [6.07, 6.45) is -0.920. The van der Waals surface area contributed by atoms with Crippen LogP contribution in [0.4, 0.5) is 0 Å². The van der Waals surface area contributed by atoms with Gasteiger partial charge in [-0.1, -0.05) is 18.2 Å². The van der Waals surface area contributed by atoms with Gasteiger partial charge in [-0.25, -0.2) is 4.79 Å². The number of esters is 2. The summed E-state index contributed by atoms with van der Waals surface area (Å²) in [5.41, 5.74) is 0.467. The summed E-state index contributed by atoms with van der Waals surface area (Å²) in [5, 5.41) is 0. The molecular formula is C14H16O5. The molecule has 0 aliphatic carbocycles. The Hall–Kier alpha value is -1.88. The Morgan fingerprint density at radius 2 is 2.00 bits per heavy atom. The van der Waals surface area contributed by atoms with Crippen LogP contribution in [0.5, 0.6) is 0 Å². The zero-order valence-corrected chi connectivity index (χ0v) is 10.9. The van der Waals surface area contributed by atoms with E-state index in [1.54, 1.807) is 31.2 Å². The number of methoxy groups -OCH3 is 1. The van der Waals surface area contributed by atoms with Crippen LogP contribution in [0.25, 0.3) is 0 Å². The molecule has 1 aromatic carbocycles. The second kappa shape index (κ2) is 5.84. The summed E-state index contributed by atoms with van der Waals surface area (Å²) >= 11 is 0. The van der Waals surface area contributed by atoms with Gasteiger partial charge >= 0.3 is 11.9 Å². The molecule has 1 aromatic rings. The Bertz CT molecular complexity index is 456. The van der Waals surface area contributed by atoms with Crippen molar-refractivity contribution in [1.82, 2.24) is 0 Å². The van der Waals surface area contributed by atoms with Crippen LogP contribution in [0.3, 0.4) is 0 Å². The lowest BCUT2D eigenvalue weighted by atomic mass is 10.0. The predicted octanol–water partition coefficient (Wildman–Crippen LogP) is 1.42. The van der Waals surface area contributed by atoms with Crippen molar-refractivity contribution >= 4 is 11.9 Å². The van der Waals surface area contributed by atoms with Crippen molar-refractivity contribution in [1.29, 1.82) is 0 Å². The predicted molar refractivity (Wildman–Crippen MR) is 66.6 cm³/mol. The van der Waals surface area contributed by atoms with Crippen LogP contribution in [0.15, 0.2) is 30.3 Å². The van der Waals surface area contributed by atoms with Crippen LogP contribution in [-0.2, 0) is 19.0 Å². The topological polar surface area (TPSA) is 61.8 Å². The van der Waals surface area contributed by atoms with E-state index in [1.807, 2.05) is 6.07 Å². The lowest BCUT2D eigenvalue weighted by molar-refractivity contribution is -0.145. The maximum atomic E-state index is 11.8. The number of ether oxygens (including phenoxy) is 3. The van der Waals surface area contributed by atoms with Gasteiger partial charge in [0, 0.05) is 7.11 Å². The molecule has 1 fully saturated rings. The van der Waals surface area contributed by atoms with Crippen LogP contribution in [0.1, 0.15) is 17.3 Å². The highest BCUT2D eigenvalue weighted by Crippen LogP contribution is 2.24. The second-order valence-corrected chi connectivity index (χ2v) is 4.43. The molecule has 5 nitrogen and oxygen atoms in total. The van der Waals surface area contributed by atoms with Gasteiger partial charge < -0.3 is 14.2 Å². The highest BCUT2D eigenvalue weighted by Gasteiger charge is 2.42. The number of benzene rings is 1. The third-order valence-electron chi connectivity index (χ3n) is 3.16. The first-order valence-electron chi connectivity index (χ1n) is 6.09. The first-order chi connectivity index (χ1) is 9.13. The van der Waals surface area contributed by atoms with Crippen molar-refractivity contribution in [3.8, 4) is 0 Å². The summed E-state index contributed by atoms with van der Waals surface area (Å²) in [4.78, 5) is 23.2. The van der Waals surface area contributed by atoms with Crippen LogP contribution in [0.2, 0.25) is 0 Å². The molecule has 0 radical (unpaired) electrons. The van der Waals surface area contributed by atoms with Crippen LogP contribution in [-0.4, -0.2) is 37.9 Å². The molecule has 102 valence electrons. The molecule has 1 aliphatic heterocycles. The first kappa shape index (κ1) is 13.5. The van der Waals surface area contributed by atoms with E-state index in [-0.39, 0.29) is 24.6 Å². The van der Waals surface area contributed by atoms with Crippen molar-refractivity contribution < 1.29 is 23.8 Å². The van der Waals surface area contributed by atoms with E-state index >= 15 is 0 Å². The molecule has 0 N–H and O–H groups in total. The van der Waals surface area contributed by atoms with Crippen LogP contribution < -0.4 is 0 Å². The van der Waals surface area contributed by atoms with E-state index in [0.29, 0.717) is 5.56 Å². The fraction of sp³-hybridized carbons (Fsp3) is 0.429. The normalized spacial score (nSPS) is 26.0. The van der Waals surface area contributed by atoms with Crippen LogP contribution in [0, 0.1) is 5.92 Å². The molecule has 2 rings (SSSR count). The number of hydrogen-bond acceptors (Lipinski definition) is 5. The molecule has 1 heterocycles. The fourth-order valence-corrected chi connectivity index (χ4v) is 2.08. The smallest absolute Gasteiger partial charge is 0.338 e. The van der Waals surface area contributed by atoms with Crippen molar-refractivity contribution in [2.75, 3.05) is 13.7 Å². The number of carbonyl (C=O) groups is 2. The summed E-state index contributed by atoms with van der Waals surface area (Å²) in [6.45, 7) is 1.73. The molecule has 1 aliphatic rings. The molecule has 1 saturated heterocycles. The Labute approximate surface area is 111 Å². The Balaban J connectivity index is 1.92. The number of carbonyl (C=O) groups excluding carboxylic acids is 2. The summed E-state index contributed by atoms with van der Waals surface area (Å²) in [5.74, 6) is -1.11. The maximum absolute atomic E-state index is 11.8. The maximum Gasteiger partial charge on any atom is 0.338 e. The van der Waals surface area contributed by atoms with Crippen LogP contribution >= 0.6 is 0 Å². The molecule has 0 saturated carbocycles. The third-order valence-corrected chi connectivity index (χ3v) is 3.16. The highest BCUT2D eigenvalue weighted by molar-refractivity contribution is 5.89. The standard InChI is InChI=1S/C14H16O5/c1-9-12(17-2)11(19-13(9)15)8-18-14(16)10-6-4-3-5-7-10/h3-7,9,11-12H,8H2,1-2H3/t9-,11+,12-/m0/s1. The molecule has 0 spiro atoms. The monoisotopic (exact) mass is 264 g/mol. The SMILES string of the molecule is CO[C@H]1[C@H](C)C(=O)O[C@@H]1COC(=O)c1ccccc1. The molecular weight excluding hydrogens is 248 g/mol. The molecule has 3 atom stereocenters. The van der Waals surface area contributed by atoms with Gasteiger partial charge in [-0.05, 0) is 19.1 Å². The third kappa shape index (κ3) is 2.93. The molecule has 0 bridgehead atoms. The van der Waals surface area contributed by atoms with E-state index in [1.165, 1.54) is 7.11 Å². The fourth-order valence-electron chi connectivity index (χ4n) is 2.08. The molecule has 5 heteroatoms. The van der Waals surface area contributed by atoms with Gasteiger partial charge in [-0.3, -0.25) is 4.79 Å². The van der Waals surface area contributed by atoms with Gasteiger partial charge in [-0.15, -0.1) is 0 Å². The quantitative estimate of drug-likeness (QED) is 0.770. The van der Waals surface area contributed by atoms with Gasteiger partial charge in [0.25, 0.3) is 0 Å². The van der Waals surface area contributed by atoms with Gasteiger partial charge in [0.05, 0.1) is 11.5 Å². The average molecular weight is 264 g/mol. The zero-order valence-electron chi connectivity index (χ0n) is 10.9. The van der Waals surface area contributed by atoms with Gasteiger partial charge in [-0.2, -0.15) is 0 Å². The largest absolute Gasteiger partial charge is 0.458 e. The summed E-state index contributed by atoms with van der Waals surface area (Å²) in [6, 6.07) is 8.66. The number of hydrogen-bond donors (Lipinski definition) is 0. The summed E-state index contributed by atoms with van der Waals surface area (Å²) < 4.78 is 15.5. The van der Waals surface area contributed by atoms with Gasteiger partial charge in [0.1, 0.15) is 12.7 Å². The van der Waals surface area contributed by atoms with Gasteiger partial charge in [0.15, 0.2) is 6.10 Å². The molecule has 19 heavy (non-hydrogen) atoms. The van der Waals surface area contributed by atoms with E-state index < -0.39 is 12.1 Å². The van der Waals surface area contributed by atoms with Crippen molar-refractivity contribution in [2.45, 2.75) is 19.1 Å². The Morgan fingerprint density at radius 3 is 2.63 bits per heavy atom.